The normalized spacial score (nSPS) is 17.8. The summed E-state index contributed by atoms with van der Waals surface area (Å²) in [5.74, 6) is 0.0541. The lowest BCUT2D eigenvalue weighted by molar-refractivity contribution is -0.125. The Kier molecular flexibility index (Phi) is 4.98. The molecule has 5 nitrogen and oxygen atoms in total. The second kappa shape index (κ2) is 6.93. The fourth-order valence-electron chi connectivity index (χ4n) is 2.33. The van der Waals surface area contributed by atoms with E-state index in [4.69, 9.17) is 0 Å². The molecule has 2 N–H and O–H groups in total. The molecule has 0 aromatic carbocycles. The summed E-state index contributed by atoms with van der Waals surface area (Å²) in [5, 5.41) is 5.67. The number of allylic oxidation sites excluding steroid dienone is 2. The Hall–Kier alpha value is -2.04. The first-order valence-electron chi connectivity index (χ1n) is 7.00. The molecule has 20 heavy (non-hydrogen) atoms. The van der Waals surface area contributed by atoms with Gasteiger partial charge in [0.1, 0.15) is 5.69 Å². The highest BCUT2D eigenvalue weighted by atomic mass is 16.2. The van der Waals surface area contributed by atoms with E-state index in [-0.39, 0.29) is 17.7 Å². The number of nitrogens with one attached hydrogen (secondary N) is 2. The lowest BCUT2D eigenvalue weighted by Crippen LogP contribution is -2.38. The van der Waals surface area contributed by atoms with Crippen molar-refractivity contribution in [2.45, 2.75) is 19.3 Å². The van der Waals surface area contributed by atoms with E-state index in [9.17, 15) is 9.59 Å². The van der Waals surface area contributed by atoms with Crippen LogP contribution in [0.15, 0.2) is 30.5 Å². The van der Waals surface area contributed by atoms with Crippen LogP contribution in [0.2, 0.25) is 0 Å². The monoisotopic (exact) mass is 275 g/mol. The summed E-state index contributed by atoms with van der Waals surface area (Å²) < 4.78 is 1.77. The molecule has 0 saturated heterocycles. The molecule has 0 spiro atoms. The Morgan fingerprint density at radius 2 is 2.10 bits per heavy atom. The summed E-state index contributed by atoms with van der Waals surface area (Å²) in [6.45, 7) is 0.910. The van der Waals surface area contributed by atoms with Crippen LogP contribution in [-0.2, 0) is 11.8 Å². The largest absolute Gasteiger partial charge is 0.354 e. The average molecular weight is 275 g/mol. The van der Waals surface area contributed by atoms with Crippen molar-refractivity contribution in [1.29, 1.82) is 0 Å². The van der Waals surface area contributed by atoms with Gasteiger partial charge in [0.25, 0.3) is 5.91 Å². The second-order valence-corrected chi connectivity index (χ2v) is 5.03. The molecular formula is C15H21N3O2. The van der Waals surface area contributed by atoms with Crippen molar-refractivity contribution >= 4 is 11.8 Å². The van der Waals surface area contributed by atoms with Gasteiger partial charge < -0.3 is 15.2 Å². The molecule has 108 valence electrons. The summed E-state index contributed by atoms with van der Waals surface area (Å²) in [7, 11) is 1.83. The predicted octanol–water partition coefficient (Wildman–Crippen LogP) is 1.23. The van der Waals surface area contributed by atoms with E-state index in [1.54, 1.807) is 10.6 Å². The molecular weight excluding hydrogens is 254 g/mol. The van der Waals surface area contributed by atoms with Crippen LogP contribution in [0.1, 0.15) is 29.8 Å². The van der Waals surface area contributed by atoms with Gasteiger partial charge in [-0.3, -0.25) is 9.59 Å². The first kappa shape index (κ1) is 14.4. The van der Waals surface area contributed by atoms with E-state index in [0.717, 1.165) is 19.3 Å². The van der Waals surface area contributed by atoms with Crippen molar-refractivity contribution in [2.24, 2.45) is 13.0 Å². The third-order valence-corrected chi connectivity index (χ3v) is 3.53. The highest BCUT2D eigenvalue weighted by Crippen LogP contribution is 2.17. The first-order chi connectivity index (χ1) is 9.68. The molecule has 1 heterocycles. The molecule has 1 aromatic heterocycles. The molecule has 1 aliphatic carbocycles. The minimum atomic E-state index is -0.118. The maximum atomic E-state index is 11.9. The summed E-state index contributed by atoms with van der Waals surface area (Å²) in [5.41, 5.74) is 0.619. The van der Waals surface area contributed by atoms with Crippen molar-refractivity contribution < 1.29 is 9.59 Å². The fraction of sp³-hybridized carbons (Fsp3) is 0.467. The Labute approximate surface area is 119 Å². The molecule has 1 atom stereocenters. The number of hydrogen-bond acceptors (Lipinski definition) is 2. The molecule has 2 rings (SSSR count). The summed E-state index contributed by atoms with van der Waals surface area (Å²) in [4.78, 5) is 23.7. The average Bonchev–Trinajstić information content (AvgIpc) is 2.90. The molecule has 0 aliphatic heterocycles. The standard InChI is InChI=1S/C15H21N3O2/c1-18-11-5-8-13(18)15(20)17-10-9-16-14(19)12-6-3-2-4-7-12/h2-3,5,8,11-12H,4,6-7,9-10H2,1H3,(H,16,19)(H,17,20). The summed E-state index contributed by atoms with van der Waals surface area (Å²) in [6, 6.07) is 3.59. The van der Waals surface area contributed by atoms with Gasteiger partial charge in [-0.2, -0.15) is 0 Å². The van der Waals surface area contributed by atoms with Crippen molar-refractivity contribution in [3.8, 4) is 0 Å². The Morgan fingerprint density at radius 3 is 2.75 bits per heavy atom. The second-order valence-electron chi connectivity index (χ2n) is 5.03. The third kappa shape index (κ3) is 3.73. The third-order valence-electron chi connectivity index (χ3n) is 3.53. The molecule has 0 saturated carbocycles. The Bertz CT molecular complexity index is 505. The van der Waals surface area contributed by atoms with Crippen molar-refractivity contribution in [3.05, 3.63) is 36.2 Å². The van der Waals surface area contributed by atoms with Gasteiger partial charge in [0.2, 0.25) is 5.91 Å². The van der Waals surface area contributed by atoms with E-state index in [2.05, 4.69) is 22.8 Å². The van der Waals surface area contributed by atoms with E-state index in [1.807, 2.05) is 19.3 Å². The van der Waals surface area contributed by atoms with Crippen LogP contribution in [0.4, 0.5) is 0 Å². The van der Waals surface area contributed by atoms with Gasteiger partial charge in [-0.05, 0) is 31.4 Å². The van der Waals surface area contributed by atoms with Crippen LogP contribution in [-0.4, -0.2) is 29.5 Å². The number of hydrogen-bond donors (Lipinski definition) is 2. The SMILES string of the molecule is Cn1cccc1C(=O)NCCNC(=O)C1CC=CCC1. The number of amides is 2. The summed E-state index contributed by atoms with van der Waals surface area (Å²) in [6.07, 6.45) is 8.71. The van der Waals surface area contributed by atoms with Crippen LogP contribution < -0.4 is 10.6 Å². The van der Waals surface area contributed by atoms with E-state index in [1.165, 1.54) is 0 Å². The number of rotatable bonds is 5. The minimum Gasteiger partial charge on any atom is -0.354 e. The van der Waals surface area contributed by atoms with Crippen LogP contribution in [0.25, 0.3) is 0 Å². The summed E-state index contributed by atoms with van der Waals surface area (Å²) >= 11 is 0. The van der Waals surface area contributed by atoms with Gasteiger partial charge >= 0.3 is 0 Å². The topological polar surface area (TPSA) is 63.1 Å². The lowest BCUT2D eigenvalue weighted by atomic mass is 9.94. The predicted molar refractivity (Wildman–Crippen MR) is 77.2 cm³/mol. The van der Waals surface area contributed by atoms with E-state index < -0.39 is 0 Å². The number of carbonyl (C=O) groups is 2. The van der Waals surface area contributed by atoms with Gasteiger partial charge in [0, 0.05) is 32.3 Å². The van der Waals surface area contributed by atoms with E-state index >= 15 is 0 Å². The Morgan fingerprint density at radius 1 is 1.30 bits per heavy atom. The number of aryl methyl sites for hydroxylation is 1. The Balaban J connectivity index is 1.66. The van der Waals surface area contributed by atoms with Gasteiger partial charge in [-0.1, -0.05) is 12.2 Å². The van der Waals surface area contributed by atoms with Crippen molar-refractivity contribution in [1.82, 2.24) is 15.2 Å². The molecule has 1 aromatic rings. The maximum Gasteiger partial charge on any atom is 0.267 e. The zero-order chi connectivity index (χ0) is 14.4. The van der Waals surface area contributed by atoms with Crippen LogP contribution in [0.3, 0.4) is 0 Å². The van der Waals surface area contributed by atoms with Gasteiger partial charge in [-0.15, -0.1) is 0 Å². The molecule has 0 radical (unpaired) electrons. The highest BCUT2D eigenvalue weighted by molar-refractivity contribution is 5.92. The van der Waals surface area contributed by atoms with Crippen LogP contribution in [0, 0.1) is 5.92 Å². The molecule has 5 heteroatoms. The first-order valence-corrected chi connectivity index (χ1v) is 7.00. The van der Waals surface area contributed by atoms with Gasteiger partial charge in [-0.25, -0.2) is 0 Å². The smallest absolute Gasteiger partial charge is 0.267 e. The molecule has 2 amide bonds. The van der Waals surface area contributed by atoms with Gasteiger partial charge in [0.05, 0.1) is 0 Å². The van der Waals surface area contributed by atoms with Crippen LogP contribution >= 0.6 is 0 Å². The highest BCUT2D eigenvalue weighted by Gasteiger charge is 2.17. The quantitative estimate of drug-likeness (QED) is 0.627. The van der Waals surface area contributed by atoms with Gasteiger partial charge in [0.15, 0.2) is 0 Å². The van der Waals surface area contributed by atoms with Crippen molar-refractivity contribution in [2.75, 3.05) is 13.1 Å². The zero-order valence-corrected chi connectivity index (χ0v) is 11.8. The van der Waals surface area contributed by atoms with Crippen LogP contribution in [0.5, 0.6) is 0 Å². The molecule has 0 fully saturated rings. The molecule has 0 bridgehead atoms. The fourth-order valence-corrected chi connectivity index (χ4v) is 2.33. The minimum absolute atomic E-state index is 0.0856. The van der Waals surface area contributed by atoms with E-state index in [0.29, 0.717) is 18.8 Å². The lowest BCUT2D eigenvalue weighted by Gasteiger charge is -2.17. The maximum absolute atomic E-state index is 11.9. The number of nitrogens with zero attached hydrogens (tertiary/aromatic N) is 1. The molecule has 1 aliphatic rings. The zero-order valence-electron chi connectivity index (χ0n) is 11.8. The number of carbonyl (C=O) groups excluding carboxylic acids is 2. The van der Waals surface area contributed by atoms with Crippen molar-refractivity contribution in [3.63, 3.8) is 0 Å². The number of aromatic nitrogens is 1. The molecule has 1 unspecified atom stereocenters.